The van der Waals surface area contributed by atoms with Gasteiger partial charge in [0.05, 0.1) is 6.61 Å². The minimum absolute atomic E-state index is 0.108. The summed E-state index contributed by atoms with van der Waals surface area (Å²) in [5, 5.41) is 2.74. The standard InChI is InChI=1S/C14H19NO3/c1-3-12(16)7-10-14(17)15-11-5-8-13(9-6-11)18-4-2/h5-6,8-9H,3-4,7,10H2,1-2H3,(H,15,17). The highest BCUT2D eigenvalue weighted by Gasteiger charge is 2.05. The fraction of sp³-hybridized carbons (Fsp3) is 0.429. The lowest BCUT2D eigenvalue weighted by molar-refractivity contribution is -0.122. The van der Waals surface area contributed by atoms with Gasteiger partial charge < -0.3 is 10.1 Å². The third kappa shape index (κ3) is 4.99. The molecule has 0 heterocycles. The number of Topliss-reactive ketones (excluding diaryl/α,β-unsaturated/α-hetero) is 1. The van der Waals surface area contributed by atoms with Gasteiger partial charge in [-0.3, -0.25) is 9.59 Å². The second kappa shape index (κ2) is 7.48. The molecule has 0 aliphatic rings. The fourth-order valence-corrected chi connectivity index (χ4v) is 1.45. The third-order valence-electron chi connectivity index (χ3n) is 2.47. The number of amides is 1. The molecule has 18 heavy (non-hydrogen) atoms. The molecule has 0 atom stereocenters. The van der Waals surface area contributed by atoms with E-state index in [0.29, 0.717) is 25.1 Å². The maximum absolute atomic E-state index is 11.5. The van der Waals surface area contributed by atoms with Gasteiger partial charge in [-0.25, -0.2) is 0 Å². The first-order valence-corrected chi connectivity index (χ1v) is 6.20. The van der Waals surface area contributed by atoms with E-state index in [-0.39, 0.29) is 18.1 Å². The number of hydrogen-bond donors (Lipinski definition) is 1. The minimum Gasteiger partial charge on any atom is -0.494 e. The Kier molecular flexibility index (Phi) is 5.91. The molecule has 1 rings (SSSR count). The molecule has 1 aromatic carbocycles. The zero-order chi connectivity index (χ0) is 13.4. The van der Waals surface area contributed by atoms with Gasteiger partial charge >= 0.3 is 0 Å². The average Bonchev–Trinajstić information content (AvgIpc) is 2.38. The largest absolute Gasteiger partial charge is 0.494 e. The topological polar surface area (TPSA) is 55.4 Å². The molecule has 0 bridgehead atoms. The maximum Gasteiger partial charge on any atom is 0.224 e. The summed E-state index contributed by atoms with van der Waals surface area (Å²) in [5.41, 5.74) is 0.715. The molecule has 0 unspecified atom stereocenters. The second-order valence-electron chi connectivity index (χ2n) is 3.90. The van der Waals surface area contributed by atoms with Crippen molar-refractivity contribution in [3.05, 3.63) is 24.3 Å². The summed E-state index contributed by atoms with van der Waals surface area (Å²) in [6.45, 7) is 4.33. The number of hydrogen-bond acceptors (Lipinski definition) is 3. The smallest absolute Gasteiger partial charge is 0.224 e. The number of carbonyl (C=O) groups excluding carboxylic acids is 2. The van der Waals surface area contributed by atoms with Gasteiger partial charge in [0.15, 0.2) is 0 Å². The predicted octanol–water partition coefficient (Wildman–Crippen LogP) is 2.78. The van der Waals surface area contributed by atoms with E-state index in [1.165, 1.54) is 0 Å². The van der Waals surface area contributed by atoms with E-state index in [9.17, 15) is 9.59 Å². The molecule has 4 nitrogen and oxygen atoms in total. The quantitative estimate of drug-likeness (QED) is 0.808. The molecule has 1 aromatic rings. The monoisotopic (exact) mass is 249 g/mol. The molecule has 1 N–H and O–H groups in total. The highest BCUT2D eigenvalue weighted by Crippen LogP contribution is 2.15. The molecule has 1 amide bonds. The highest BCUT2D eigenvalue weighted by molar-refractivity contribution is 5.93. The highest BCUT2D eigenvalue weighted by atomic mass is 16.5. The summed E-state index contributed by atoms with van der Waals surface area (Å²) in [5.74, 6) is 0.745. The summed E-state index contributed by atoms with van der Waals surface area (Å²) >= 11 is 0. The number of nitrogens with one attached hydrogen (secondary N) is 1. The zero-order valence-corrected chi connectivity index (χ0v) is 10.9. The first-order valence-electron chi connectivity index (χ1n) is 6.20. The summed E-state index contributed by atoms with van der Waals surface area (Å²) < 4.78 is 5.30. The molecule has 0 fully saturated rings. The average molecular weight is 249 g/mol. The van der Waals surface area contributed by atoms with Crippen molar-refractivity contribution in [3.8, 4) is 5.75 Å². The molecule has 0 aromatic heterocycles. The lowest BCUT2D eigenvalue weighted by atomic mass is 10.2. The van der Waals surface area contributed by atoms with E-state index < -0.39 is 0 Å². The first-order chi connectivity index (χ1) is 8.65. The molecule has 4 heteroatoms. The van der Waals surface area contributed by atoms with Crippen molar-refractivity contribution < 1.29 is 14.3 Å². The van der Waals surface area contributed by atoms with Crippen molar-refractivity contribution in [2.24, 2.45) is 0 Å². The van der Waals surface area contributed by atoms with Crippen LogP contribution in [0.2, 0.25) is 0 Å². The van der Waals surface area contributed by atoms with Crippen LogP contribution >= 0.6 is 0 Å². The summed E-state index contributed by atoms with van der Waals surface area (Å²) in [4.78, 5) is 22.6. The number of carbonyl (C=O) groups is 2. The van der Waals surface area contributed by atoms with E-state index in [0.717, 1.165) is 5.75 Å². The van der Waals surface area contributed by atoms with Gasteiger partial charge in [0.25, 0.3) is 0 Å². The van der Waals surface area contributed by atoms with Crippen molar-refractivity contribution in [1.82, 2.24) is 0 Å². The lowest BCUT2D eigenvalue weighted by Gasteiger charge is -2.06. The van der Waals surface area contributed by atoms with Crippen LogP contribution in [0, 0.1) is 0 Å². The molecular weight excluding hydrogens is 230 g/mol. The molecule has 0 spiro atoms. The SMILES string of the molecule is CCOc1ccc(NC(=O)CCC(=O)CC)cc1. The normalized spacial score (nSPS) is 9.89. The zero-order valence-electron chi connectivity index (χ0n) is 10.9. The molecule has 98 valence electrons. The Bertz CT molecular complexity index is 398. The van der Waals surface area contributed by atoms with Gasteiger partial charge in [-0.2, -0.15) is 0 Å². The van der Waals surface area contributed by atoms with Crippen LogP contribution < -0.4 is 10.1 Å². The van der Waals surface area contributed by atoms with Crippen molar-refractivity contribution in [2.45, 2.75) is 33.1 Å². The van der Waals surface area contributed by atoms with E-state index in [1.807, 2.05) is 6.92 Å². The number of rotatable bonds is 7. The van der Waals surface area contributed by atoms with Crippen LogP contribution in [0.5, 0.6) is 5.75 Å². The number of ketones is 1. The van der Waals surface area contributed by atoms with E-state index in [2.05, 4.69) is 5.32 Å². The van der Waals surface area contributed by atoms with Gasteiger partial charge in [-0.15, -0.1) is 0 Å². The second-order valence-corrected chi connectivity index (χ2v) is 3.90. The fourth-order valence-electron chi connectivity index (χ4n) is 1.45. The van der Waals surface area contributed by atoms with Crippen LogP contribution in [-0.4, -0.2) is 18.3 Å². The van der Waals surface area contributed by atoms with Crippen molar-refractivity contribution in [2.75, 3.05) is 11.9 Å². The third-order valence-corrected chi connectivity index (χ3v) is 2.47. The van der Waals surface area contributed by atoms with Gasteiger partial charge in [0, 0.05) is 24.9 Å². The minimum atomic E-state index is -0.138. The van der Waals surface area contributed by atoms with E-state index >= 15 is 0 Å². The Labute approximate surface area is 107 Å². The van der Waals surface area contributed by atoms with E-state index in [1.54, 1.807) is 31.2 Å². The molecule has 0 aliphatic heterocycles. The van der Waals surface area contributed by atoms with Gasteiger partial charge in [-0.05, 0) is 31.2 Å². The Morgan fingerprint density at radius 2 is 1.78 bits per heavy atom. The number of benzene rings is 1. The van der Waals surface area contributed by atoms with Crippen LogP contribution in [0.3, 0.4) is 0 Å². The molecular formula is C14H19NO3. The van der Waals surface area contributed by atoms with Gasteiger partial charge in [0.2, 0.25) is 5.91 Å². The Balaban J connectivity index is 2.42. The predicted molar refractivity (Wildman–Crippen MR) is 70.8 cm³/mol. The number of ether oxygens (including phenoxy) is 1. The summed E-state index contributed by atoms with van der Waals surface area (Å²) in [6, 6.07) is 7.17. The Morgan fingerprint density at radius 1 is 1.11 bits per heavy atom. The lowest BCUT2D eigenvalue weighted by Crippen LogP contribution is -2.13. The number of anilines is 1. The van der Waals surface area contributed by atoms with Crippen molar-refractivity contribution in [3.63, 3.8) is 0 Å². The van der Waals surface area contributed by atoms with Gasteiger partial charge in [0.1, 0.15) is 11.5 Å². The van der Waals surface area contributed by atoms with Crippen LogP contribution in [0.1, 0.15) is 33.1 Å². The summed E-state index contributed by atoms with van der Waals surface area (Å²) in [6.07, 6.45) is 1.02. The maximum atomic E-state index is 11.5. The van der Waals surface area contributed by atoms with E-state index in [4.69, 9.17) is 4.74 Å². The van der Waals surface area contributed by atoms with Crippen LogP contribution in [-0.2, 0) is 9.59 Å². The van der Waals surface area contributed by atoms with Crippen LogP contribution in [0.25, 0.3) is 0 Å². The molecule has 0 radical (unpaired) electrons. The molecule has 0 saturated heterocycles. The van der Waals surface area contributed by atoms with Crippen molar-refractivity contribution >= 4 is 17.4 Å². The summed E-state index contributed by atoms with van der Waals surface area (Å²) in [7, 11) is 0. The molecule has 0 saturated carbocycles. The molecule has 0 aliphatic carbocycles. The Hall–Kier alpha value is -1.84. The van der Waals surface area contributed by atoms with Gasteiger partial charge in [-0.1, -0.05) is 6.92 Å². The first kappa shape index (κ1) is 14.2. The van der Waals surface area contributed by atoms with Crippen molar-refractivity contribution in [1.29, 1.82) is 0 Å². The van der Waals surface area contributed by atoms with Crippen LogP contribution in [0.4, 0.5) is 5.69 Å². The Morgan fingerprint density at radius 3 is 2.33 bits per heavy atom. The van der Waals surface area contributed by atoms with Crippen LogP contribution in [0.15, 0.2) is 24.3 Å².